The number of morpholine rings is 1. The van der Waals surface area contributed by atoms with Crippen LogP contribution >= 0.6 is 23.4 Å². The van der Waals surface area contributed by atoms with Crippen molar-refractivity contribution in [2.45, 2.75) is 35.0 Å². The number of anilines is 3. The lowest BCUT2D eigenvalue weighted by molar-refractivity contribution is -0.137. The van der Waals surface area contributed by atoms with Crippen LogP contribution in [0.1, 0.15) is 17.5 Å². The van der Waals surface area contributed by atoms with Crippen LogP contribution in [-0.2, 0) is 27.5 Å². The smallest absolute Gasteiger partial charge is 0.381 e. The molecule has 2 N–H and O–H groups in total. The number of halogens is 4. The molecule has 1 aromatic heterocycles. The van der Waals surface area contributed by atoms with Crippen LogP contribution in [0.15, 0.2) is 131 Å². The summed E-state index contributed by atoms with van der Waals surface area (Å²) in [7, 11) is -4.50. The van der Waals surface area contributed by atoms with Crippen LogP contribution < -0.4 is 14.9 Å². The van der Waals surface area contributed by atoms with E-state index in [4.69, 9.17) is 16.3 Å². The monoisotopic (exact) mass is 901 g/mol. The van der Waals surface area contributed by atoms with E-state index >= 15 is 0 Å². The van der Waals surface area contributed by atoms with Crippen molar-refractivity contribution < 1.29 is 26.3 Å². The highest BCUT2D eigenvalue weighted by Gasteiger charge is 2.36. The number of nitrogens with one attached hydrogen (secondary N) is 2. The number of thioether (sulfide) groups is 1. The van der Waals surface area contributed by atoms with E-state index in [1.165, 1.54) is 18.5 Å². The van der Waals surface area contributed by atoms with E-state index in [-0.39, 0.29) is 17.5 Å². The van der Waals surface area contributed by atoms with Gasteiger partial charge >= 0.3 is 6.18 Å². The number of piperazine rings is 1. The first-order valence-electron chi connectivity index (χ1n) is 20.5. The number of sulfonamides is 1. The molecule has 10 nitrogen and oxygen atoms in total. The molecule has 0 aliphatic carbocycles. The van der Waals surface area contributed by atoms with Gasteiger partial charge in [-0.05, 0) is 83.8 Å². The summed E-state index contributed by atoms with van der Waals surface area (Å²) in [6, 6.07) is 34.2. The van der Waals surface area contributed by atoms with Crippen molar-refractivity contribution in [3.05, 3.63) is 138 Å². The fraction of sp³-hybridized carbons (Fsp3) is 0.304. The van der Waals surface area contributed by atoms with E-state index in [1.54, 1.807) is 17.8 Å². The Kier molecular flexibility index (Phi) is 13.9. The zero-order chi connectivity index (χ0) is 43.1. The number of alkyl halides is 3. The van der Waals surface area contributed by atoms with Crippen LogP contribution in [0.4, 0.5) is 30.4 Å². The van der Waals surface area contributed by atoms with Crippen molar-refractivity contribution in [1.82, 2.24) is 19.8 Å². The molecule has 8 rings (SSSR count). The molecule has 2 aliphatic rings. The lowest BCUT2D eigenvalue weighted by atomic mass is 9.99. The summed E-state index contributed by atoms with van der Waals surface area (Å²) in [5, 5.41) is 4.24. The van der Waals surface area contributed by atoms with Gasteiger partial charge in [-0.1, -0.05) is 66.2 Å². The number of fused-ring (bicyclic) bond motifs is 1. The molecule has 1 atom stereocenters. The summed E-state index contributed by atoms with van der Waals surface area (Å²) in [4.78, 5) is 16.0. The third kappa shape index (κ3) is 11.0. The van der Waals surface area contributed by atoms with Gasteiger partial charge in [-0.15, -0.1) is 11.8 Å². The first-order valence-corrected chi connectivity index (χ1v) is 23.4. The molecule has 0 spiro atoms. The number of aromatic nitrogens is 2. The minimum absolute atomic E-state index is 0.0287. The van der Waals surface area contributed by atoms with Crippen molar-refractivity contribution in [2.75, 3.05) is 79.7 Å². The van der Waals surface area contributed by atoms with Gasteiger partial charge in [0.25, 0.3) is 10.0 Å². The first kappa shape index (κ1) is 43.7. The Bertz CT molecular complexity index is 2560. The lowest BCUT2D eigenvalue weighted by Crippen LogP contribution is -2.46. The highest BCUT2D eigenvalue weighted by Crippen LogP contribution is 2.38. The Balaban J connectivity index is 0.952. The van der Waals surface area contributed by atoms with Crippen molar-refractivity contribution in [3.8, 4) is 11.1 Å². The maximum absolute atomic E-state index is 14.7. The van der Waals surface area contributed by atoms with E-state index in [9.17, 15) is 21.6 Å². The summed E-state index contributed by atoms with van der Waals surface area (Å²) >= 11 is 7.98. The normalized spacial score (nSPS) is 16.0. The average Bonchev–Trinajstić information content (AvgIpc) is 3.28. The zero-order valence-corrected chi connectivity index (χ0v) is 36.3. The fourth-order valence-electron chi connectivity index (χ4n) is 7.85. The van der Waals surface area contributed by atoms with Gasteiger partial charge in [0.15, 0.2) is 5.82 Å². The highest BCUT2D eigenvalue weighted by atomic mass is 35.5. The van der Waals surface area contributed by atoms with Gasteiger partial charge in [0, 0.05) is 90.8 Å². The van der Waals surface area contributed by atoms with E-state index in [0.717, 1.165) is 73.1 Å². The molecule has 324 valence electrons. The van der Waals surface area contributed by atoms with E-state index in [1.807, 2.05) is 72.8 Å². The molecule has 0 amide bonds. The maximum atomic E-state index is 14.7. The van der Waals surface area contributed by atoms with E-state index in [2.05, 4.69) is 52.9 Å². The van der Waals surface area contributed by atoms with Crippen LogP contribution in [0.25, 0.3) is 22.0 Å². The molecule has 0 bridgehead atoms. The second-order valence-electron chi connectivity index (χ2n) is 15.4. The van der Waals surface area contributed by atoms with Crippen molar-refractivity contribution in [1.29, 1.82) is 0 Å². The minimum atomic E-state index is -4.83. The third-order valence-electron chi connectivity index (χ3n) is 11.2. The van der Waals surface area contributed by atoms with Gasteiger partial charge in [0.05, 0.1) is 29.2 Å². The van der Waals surface area contributed by atoms with Crippen molar-refractivity contribution in [3.63, 3.8) is 0 Å². The first-order chi connectivity index (χ1) is 30.0. The minimum Gasteiger partial charge on any atom is -0.381 e. The second kappa shape index (κ2) is 19.7. The number of nitrogens with zero attached hydrogens (tertiary/aromatic N) is 5. The van der Waals surface area contributed by atoms with Crippen LogP contribution in [-0.4, -0.2) is 99.0 Å². The molecule has 0 saturated carbocycles. The summed E-state index contributed by atoms with van der Waals surface area (Å²) in [6.07, 6.45) is -3.01. The topological polar surface area (TPSA) is 103 Å². The third-order valence-corrected chi connectivity index (χ3v) is 13.9. The van der Waals surface area contributed by atoms with Crippen molar-refractivity contribution in [2.24, 2.45) is 0 Å². The van der Waals surface area contributed by atoms with Gasteiger partial charge < -0.3 is 15.0 Å². The van der Waals surface area contributed by atoms with Gasteiger partial charge in [-0.2, -0.15) is 13.2 Å². The number of hydrogen-bond donors (Lipinski definition) is 2. The lowest BCUT2D eigenvalue weighted by Gasteiger charge is -2.36. The number of hydrogen-bond acceptors (Lipinski definition) is 10. The molecule has 5 aromatic carbocycles. The molecule has 3 heterocycles. The molecule has 2 saturated heterocycles. The summed E-state index contributed by atoms with van der Waals surface area (Å²) in [5.41, 5.74) is 3.62. The Morgan fingerprint density at radius 2 is 1.55 bits per heavy atom. The second-order valence-corrected chi connectivity index (χ2v) is 18.6. The maximum Gasteiger partial charge on any atom is 0.418 e. The van der Waals surface area contributed by atoms with Crippen LogP contribution in [0.5, 0.6) is 0 Å². The zero-order valence-electron chi connectivity index (χ0n) is 33.9. The quantitative estimate of drug-likeness (QED) is 0.0970. The highest BCUT2D eigenvalue weighted by molar-refractivity contribution is 7.99. The molecular weight excluding hydrogens is 855 g/mol. The molecule has 16 heteroatoms. The fourth-order valence-corrected chi connectivity index (χ4v) is 10.1. The Morgan fingerprint density at radius 3 is 2.29 bits per heavy atom. The van der Waals surface area contributed by atoms with Crippen molar-refractivity contribution >= 4 is 61.5 Å². The Morgan fingerprint density at radius 1 is 0.806 bits per heavy atom. The van der Waals surface area contributed by atoms with E-state index < -0.39 is 26.7 Å². The SMILES string of the molecule is O=S(=O)(Nc1ncnc2cc(N3CCN(Cc4cc(Cl)ccc4-c4ccccc4)CC3)ccc12)c1ccc(N[C@H](CCN2CCOCC2)CSc2ccccc2)c(C(F)(F)F)c1. The number of benzene rings is 5. The Hall–Kier alpha value is -4.90. The number of rotatable bonds is 15. The predicted octanol–water partition coefficient (Wildman–Crippen LogP) is 9.39. The van der Waals surface area contributed by atoms with Crippen LogP contribution in [0, 0.1) is 0 Å². The van der Waals surface area contributed by atoms with Crippen LogP contribution in [0.2, 0.25) is 5.02 Å². The summed E-state index contributed by atoms with van der Waals surface area (Å²) < 4.78 is 79.7. The standard InChI is InChI=1S/C46H47ClF3N7O3S2/c47-35-11-14-40(33-7-3-1-4-8-33)34(27-35)30-56-19-21-57(22-20-56)37-12-15-41-44(28-37)51-32-52-45(41)54-62(58,59)39-13-16-43(42(29-39)46(48,49)50)53-36(17-18-55-23-25-60-26-24-55)31-61-38-9-5-2-6-10-38/h1-16,27-29,32,36,53H,17-26,30-31H2,(H,51,52,54)/t36-/m1/s1. The Labute approximate surface area is 369 Å². The van der Waals surface area contributed by atoms with Gasteiger partial charge in [0.1, 0.15) is 6.33 Å². The molecule has 0 unspecified atom stereocenters. The van der Waals surface area contributed by atoms with Gasteiger partial charge in [0.2, 0.25) is 0 Å². The van der Waals surface area contributed by atoms with Gasteiger partial charge in [-0.3, -0.25) is 14.5 Å². The molecular formula is C46H47ClF3N7O3S2. The number of ether oxygens (including phenoxy) is 1. The summed E-state index contributed by atoms with van der Waals surface area (Å²) in [5.74, 6) is 0.477. The predicted molar refractivity (Wildman–Crippen MR) is 243 cm³/mol. The van der Waals surface area contributed by atoms with Gasteiger partial charge in [-0.25, -0.2) is 18.4 Å². The molecule has 0 radical (unpaired) electrons. The van der Waals surface area contributed by atoms with Crippen LogP contribution in [0.3, 0.4) is 0 Å². The summed E-state index contributed by atoms with van der Waals surface area (Å²) in [6.45, 7) is 7.31. The molecule has 62 heavy (non-hydrogen) atoms. The molecule has 2 fully saturated rings. The molecule has 6 aromatic rings. The molecule has 2 aliphatic heterocycles. The largest absolute Gasteiger partial charge is 0.418 e. The van der Waals surface area contributed by atoms with E-state index in [0.29, 0.717) is 53.9 Å². The average molecular weight is 903 g/mol.